The average Bonchev–Trinajstić information content (AvgIpc) is 2.77. The molecule has 16 heavy (non-hydrogen) atoms. The first kappa shape index (κ1) is 11.5. The number of allylic oxidation sites excluding steroid dienone is 2. The van der Waals surface area contributed by atoms with Crippen LogP contribution in [0.1, 0.15) is 18.4 Å². The van der Waals surface area contributed by atoms with Crippen LogP contribution in [0.3, 0.4) is 0 Å². The lowest BCUT2D eigenvalue weighted by atomic mass is 9.98. The Kier molecular flexibility index (Phi) is 3.54. The molecule has 1 aromatic rings. The van der Waals surface area contributed by atoms with Gasteiger partial charge in [0.25, 0.3) is 0 Å². The number of halogens is 1. The predicted molar refractivity (Wildman–Crippen MR) is 67.9 cm³/mol. The summed E-state index contributed by atoms with van der Waals surface area (Å²) in [5.41, 5.74) is 0.941. The second-order valence-corrected chi connectivity index (χ2v) is 4.90. The highest BCUT2D eigenvalue weighted by Crippen LogP contribution is 2.37. The van der Waals surface area contributed by atoms with Crippen molar-refractivity contribution >= 4 is 15.9 Å². The Morgan fingerprint density at radius 3 is 2.94 bits per heavy atom. The lowest BCUT2D eigenvalue weighted by Crippen LogP contribution is -2.00. The molecule has 0 heterocycles. The number of methoxy groups -OCH3 is 1. The molecule has 0 bridgehead atoms. The van der Waals surface area contributed by atoms with Gasteiger partial charge in [-0.25, -0.2) is 0 Å². The Morgan fingerprint density at radius 1 is 1.50 bits per heavy atom. The van der Waals surface area contributed by atoms with E-state index >= 15 is 0 Å². The average molecular weight is 283 g/mol. The summed E-state index contributed by atoms with van der Waals surface area (Å²) in [7, 11) is 1.57. The van der Waals surface area contributed by atoms with E-state index in [0.717, 1.165) is 22.9 Å². The summed E-state index contributed by atoms with van der Waals surface area (Å²) >= 11 is 3.48. The molecule has 2 rings (SSSR count). The van der Waals surface area contributed by atoms with Crippen molar-refractivity contribution in [2.75, 3.05) is 7.11 Å². The van der Waals surface area contributed by atoms with Gasteiger partial charge in [-0.1, -0.05) is 28.1 Å². The lowest BCUT2D eigenvalue weighted by Gasteiger charge is -2.13. The minimum Gasteiger partial charge on any atom is -0.504 e. The van der Waals surface area contributed by atoms with Crippen molar-refractivity contribution in [3.8, 4) is 11.5 Å². The molecular weight excluding hydrogens is 268 g/mol. The van der Waals surface area contributed by atoms with Crippen LogP contribution in [0.15, 0.2) is 28.8 Å². The molecule has 0 aliphatic heterocycles. The standard InChI is InChI=1S/C13H15BrO2/c1-16-12-7-6-11(14)10(13(12)15)8-9-4-2-3-5-9/h2,4,6-7,9,15H,3,5,8H2,1H3. The molecule has 2 nitrogen and oxygen atoms in total. The third-order valence-electron chi connectivity index (χ3n) is 2.99. The summed E-state index contributed by atoms with van der Waals surface area (Å²) < 4.78 is 6.07. The second kappa shape index (κ2) is 4.91. The summed E-state index contributed by atoms with van der Waals surface area (Å²) in [6, 6.07) is 3.69. The Morgan fingerprint density at radius 2 is 2.31 bits per heavy atom. The van der Waals surface area contributed by atoms with E-state index in [1.165, 1.54) is 6.42 Å². The van der Waals surface area contributed by atoms with Crippen LogP contribution in [0.4, 0.5) is 0 Å². The molecule has 0 saturated heterocycles. The number of ether oxygens (including phenoxy) is 1. The highest BCUT2D eigenvalue weighted by molar-refractivity contribution is 9.10. The normalized spacial score (nSPS) is 19.0. The number of aromatic hydroxyl groups is 1. The van der Waals surface area contributed by atoms with Crippen LogP contribution in [0.25, 0.3) is 0 Å². The van der Waals surface area contributed by atoms with Crippen molar-refractivity contribution in [3.63, 3.8) is 0 Å². The molecule has 3 heteroatoms. The Balaban J connectivity index is 2.27. The first-order chi connectivity index (χ1) is 7.72. The van der Waals surface area contributed by atoms with E-state index in [2.05, 4.69) is 28.1 Å². The van der Waals surface area contributed by atoms with Crippen molar-refractivity contribution in [3.05, 3.63) is 34.3 Å². The molecule has 0 spiro atoms. The van der Waals surface area contributed by atoms with Gasteiger partial charge in [-0.2, -0.15) is 0 Å². The van der Waals surface area contributed by atoms with Gasteiger partial charge in [0.15, 0.2) is 11.5 Å². The molecular formula is C13H15BrO2. The van der Waals surface area contributed by atoms with Crippen molar-refractivity contribution in [1.29, 1.82) is 0 Å². The molecule has 1 unspecified atom stereocenters. The van der Waals surface area contributed by atoms with Crippen LogP contribution in [-0.2, 0) is 6.42 Å². The number of benzene rings is 1. The maximum absolute atomic E-state index is 10.1. The Labute approximate surface area is 104 Å². The molecule has 0 radical (unpaired) electrons. The monoisotopic (exact) mass is 282 g/mol. The van der Waals surface area contributed by atoms with Crippen molar-refractivity contribution < 1.29 is 9.84 Å². The third-order valence-corrected chi connectivity index (χ3v) is 3.73. The lowest BCUT2D eigenvalue weighted by molar-refractivity contribution is 0.369. The van der Waals surface area contributed by atoms with Crippen molar-refractivity contribution in [2.24, 2.45) is 5.92 Å². The summed E-state index contributed by atoms with van der Waals surface area (Å²) in [5.74, 6) is 1.34. The van der Waals surface area contributed by atoms with E-state index in [1.54, 1.807) is 13.2 Å². The number of phenolic OH excluding ortho intramolecular Hbond substituents is 1. The predicted octanol–water partition coefficient (Wildman–Crippen LogP) is 3.67. The van der Waals surface area contributed by atoms with E-state index in [1.807, 2.05) is 6.07 Å². The molecule has 0 amide bonds. The van der Waals surface area contributed by atoms with Crippen molar-refractivity contribution in [2.45, 2.75) is 19.3 Å². The SMILES string of the molecule is COc1ccc(Br)c(CC2C=CCC2)c1O. The summed E-state index contributed by atoms with van der Waals surface area (Å²) in [6.07, 6.45) is 7.61. The first-order valence-electron chi connectivity index (χ1n) is 5.43. The molecule has 0 fully saturated rings. The number of rotatable bonds is 3. The Hall–Kier alpha value is -0.960. The third kappa shape index (κ3) is 2.24. The largest absolute Gasteiger partial charge is 0.504 e. The van der Waals surface area contributed by atoms with E-state index in [9.17, 15) is 5.11 Å². The number of hydrogen-bond acceptors (Lipinski definition) is 2. The summed E-state index contributed by atoms with van der Waals surface area (Å²) in [4.78, 5) is 0. The molecule has 0 aromatic heterocycles. The van der Waals surface area contributed by atoms with Crippen LogP contribution >= 0.6 is 15.9 Å². The number of hydrogen-bond donors (Lipinski definition) is 1. The molecule has 1 aromatic carbocycles. The minimum absolute atomic E-state index is 0.261. The van der Waals surface area contributed by atoms with Gasteiger partial charge in [0.2, 0.25) is 0 Å². The molecule has 1 aliphatic carbocycles. The van der Waals surface area contributed by atoms with Crippen molar-refractivity contribution in [1.82, 2.24) is 0 Å². The first-order valence-corrected chi connectivity index (χ1v) is 6.22. The zero-order valence-electron chi connectivity index (χ0n) is 9.24. The van der Waals surface area contributed by atoms with Crippen LogP contribution in [-0.4, -0.2) is 12.2 Å². The zero-order chi connectivity index (χ0) is 11.5. The topological polar surface area (TPSA) is 29.5 Å². The highest BCUT2D eigenvalue weighted by Gasteiger charge is 2.17. The Bertz CT molecular complexity index is 413. The summed E-state index contributed by atoms with van der Waals surface area (Å²) in [5, 5.41) is 10.1. The fraction of sp³-hybridized carbons (Fsp3) is 0.385. The van der Waals surface area contributed by atoms with Gasteiger partial charge in [-0.15, -0.1) is 0 Å². The van der Waals surface area contributed by atoms with E-state index in [-0.39, 0.29) is 5.75 Å². The van der Waals surface area contributed by atoms with Gasteiger partial charge >= 0.3 is 0 Å². The second-order valence-electron chi connectivity index (χ2n) is 4.05. The van der Waals surface area contributed by atoms with E-state index < -0.39 is 0 Å². The van der Waals surface area contributed by atoms with Crippen LogP contribution in [0, 0.1) is 5.92 Å². The van der Waals surface area contributed by atoms with Gasteiger partial charge in [0.1, 0.15) is 0 Å². The molecule has 1 atom stereocenters. The van der Waals surface area contributed by atoms with Crippen LogP contribution in [0.2, 0.25) is 0 Å². The minimum atomic E-state index is 0.261. The van der Waals surface area contributed by atoms with E-state index in [0.29, 0.717) is 11.7 Å². The molecule has 86 valence electrons. The summed E-state index contributed by atoms with van der Waals surface area (Å²) in [6.45, 7) is 0. The fourth-order valence-electron chi connectivity index (χ4n) is 2.08. The van der Waals surface area contributed by atoms with Crippen LogP contribution < -0.4 is 4.74 Å². The van der Waals surface area contributed by atoms with Gasteiger partial charge < -0.3 is 9.84 Å². The van der Waals surface area contributed by atoms with Crippen LogP contribution in [0.5, 0.6) is 11.5 Å². The maximum atomic E-state index is 10.1. The van der Waals surface area contributed by atoms with Gasteiger partial charge in [0, 0.05) is 10.0 Å². The molecule has 1 N–H and O–H groups in total. The maximum Gasteiger partial charge on any atom is 0.162 e. The van der Waals surface area contributed by atoms with Gasteiger partial charge in [0.05, 0.1) is 7.11 Å². The van der Waals surface area contributed by atoms with E-state index in [4.69, 9.17) is 4.74 Å². The van der Waals surface area contributed by atoms with Gasteiger partial charge in [-0.05, 0) is 37.3 Å². The fourth-order valence-corrected chi connectivity index (χ4v) is 2.56. The molecule has 0 saturated carbocycles. The van der Waals surface area contributed by atoms with Gasteiger partial charge in [-0.3, -0.25) is 0 Å². The smallest absolute Gasteiger partial charge is 0.162 e. The quantitative estimate of drug-likeness (QED) is 0.858. The zero-order valence-corrected chi connectivity index (χ0v) is 10.8. The highest BCUT2D eigenvalue weighted by atomic mass is 79.9. The molecule has 1 aliphatic rings. The number of phenols is 1.